The van der Waals surface area contributed by atoms with Gasteiger partial charge in [0.25, 0.3) is 0 Å². The Balaban J connectivity index is 1.26. The first kappa shape index (κ1) is 22.0. The molecule has 0 bridgehead atoms. The number of aryl methyl sites for hydroxylation is 1. The number of halogens is 1. The number of rotatable bonds is 3. The summed E-state index contributed by atoms with van der Waals surface area (Å²) in [6.45, 7) is 3.76. The average molecular weight is 489 g/mol. The molecule has 9 nitrogen and oxygen atoms in total. The summed E-state index contributed by atoms with van der Waals surface area (Å²) in [6, 6.07) is 1.56. The number of fused-ring (bicyclic) bond motifs is 3. The van der Waals surface area contributed by atoms with Crippen molar-refractivity contribution in [1.29, 1.82) is 0 Å². The van der Waals surface area contributed by atoms with Crippen molar-refractivity contribution < 1.29 is 18.1 Å². The molecule has 3 heterocycles. The van der Waals surface area contributed by atoms with Crippen molar-refractivity contribution in [3.8, 4) is 5.88 Å². The number of nitrogens with zero attached hydrogens (tertiary/aromatic N) is 4. The Morgan fingerprint density at radius 3 is 2.91 bits per heavy atom. The van der Waals surface area contributed by atoms with Crippen LogP contribution < -0.4 is 15.2 Å². The lowest BCUT2D eigenvalue weighted by Crippen LogP contribution is -2.57. The number of urea groups is 1. The number of hydrogen-bond acceptors (Lipinski definition) is 5. The number of benzene rings is 1. The van der Waals surface area contributed by atoms with Crippen molar-refractivity contribution in [1.82, 2.24) is 14.7 Å². The number of hydrogen-bond donors (Lipinski definition) is 2. The van der Waals surface area contributed by atoms with E-state index in [2.05, 4.69) is 27.8 Å². The van der Waals surface area contributed by atoms with E-state index in [4.69, 9.17) is 9.88 Å². The summed E-state index contributed by atoms with van der Waals surface area (Å²) >= 11 is 0. The van der Waals surface area contributed by atoms with E-state index in [1.165, 1.54) is 28.5 Å². The zero-order valence-corrected chi connectivity index (χ0v) is 19.9. The second-order valence-corrected chi connectivity index (χ2v) is 11.6. The minimum atomic E-state index is -3.57. The number of anilines is 1. The van der Waals surface area contributed by atoms with Crippen LogP contribution in [0.15, 0.2) is 21.5 Å². The molecule has 0 radical (unpaired) electrons. The third-order valence-electron chi connectivity index (χ3n) is 7.60. The van der Waals surface area contributed by atoms with Crippen molar-refractivity contribution in [2.24, 2.45) is 9.50 Å². The largest absolute Gasteiger partial charge is 0.475 e. The van der Waals surface area contributed by atoms with Crippen LogP contribution in [-0.2, 0) is 35.7 Å². The maximum atomic E-state index is 13.3. The van der Waals surface area contributed by atoms with Crippen LogP contribution in [0.4, 0.5) is 14.9 Å². The highest BCUT2D eigenvalue weighted by molar-refractivity contribution is 7.91. The summed E-state index contributed by atoms with van der Waals surface area (Å²) < 4.78 is 37.8. The standard InChI is InChI=1S/C23H29FN6O3S/c1-13-5-6-18-19(13)7-14-3-2-4-17(14)21(18)27-23(31)28-34(25,32)20-8-26-30-11-16(12-33-22(20)30)29-9-15(24)10-29/h7-8,13,15-16H,2-6,9-12H2,1H3,(H3,25,27,28,31,32). The zero-order valence-electron chi connectivity index (χ0n) is 19.1. The van der Waals surface area contributed by atoms with E-state index < -0.39 is 22.1 Å². The molecule has 2 aromatic rings. The Bertz CT molecular complexity index is 1290. The number of aromatic nitrogens is 2. The number of carbonyl (C=O) groups is 1. The zero-order chi connectivity index (χ0) is 23.6. The van der Waals surface area contributed by atoms with Gasteiger partial charge in [-0.15, -0.1) is 4.36 Å². The lowest BCUT2D eigenvalue weighted by Gasteiger charge is -2.41. The minimum Gasteiger partial charge on any atom is -0.475 e. The molecule has 3 unspecified atom stereocenters. The number of amides is 2. The van der Waals surface area contributed by atoms with E-state index in [0.717, 1.165) is 37.8 Å². The van der Waals surface area contributed by atoms with Gasteiger partial charge in [0.05, 0.1) is 18.8 Å². The van der Waals surface area contributed by atoms with Gasteiger partial charge in [-0.3, -0.25) is 4.90 Å². The molecule has 2 amide bonds. The molecule has 1 saturated heterocycles. The Kier molecular flexibility index (Phi) is 5.19. The van der Waals surface area contributed by atoms with Crippen LogP contribution in [0.1, 0.15) is 47.9 Å². The smallest absolute Gasteiger partial charge is 0.354 e. The first-order chi connectivity index (χ1) is 16.3. The summed E-state index contributed by atoms with van der Waals surface area (Å²) in [6.07, 6.45) is 5.49. The predicted molar refractivity (Wildman–Crippen MR) is 125 cm³/mol. The highest BCUT2D eigenvalue weighted by atomic mass is 32.2. The predicted octanol–water partition coefficient (Wildman–Crippen LogP) is 2.77. The normalized spacial score (nSPS) is 25.5. The van der Waals surface area contributed by atoms with Crippen LogP contribution in [-0.4, -0.2) is 56.8 Å². The molecule has 182 valence electrons. The molecule has 2 aliphatic carbocycles. The van der Waals surface area contributed by atoms with E-state index in [1.807, 2.05) is 4.90 Å². The SMILES string of the molecule is CC1CCc2c1cc1c(c2NC(=O)N=S(N)(=O)c2cnn3c2OCC(N2CC(F)C2)C3)CCC1. The fraction of sp³-hybridized carbons (Fsp3) is 0.565. The van der Waals surface area contributed by atoms with Crippen LogP contribution >= 0.6 is 0 Å². The van der Waals surface area contributed by atoms with Crippen molar-refractivity contribution in [2.45, 2.75) is 68.6 Å². The van der Waals surface area contributed by atoms with Gasteiger partial charge in [0.2, 0.25) is 5.88 Å². The second kappa shape index (κ2) is 8.03. The number of carbonyl (C=O) groups excluding carboxylic acids is 1. The Morgan fingerprint density at radius 1 is 1.29 bits per heavy atom. The Labute approximate surface area is 198 Å². The molecule has 0 saturated carbocycles. The van der Waals surface area contributed by atoms with Gasteiger partial charge in [0.15, 0.2) is 9.92 Å². The molecule has 3 N–H and O–H groups in total. The second-order valence-electron chi connectivity index (χ2n) is 9.85. The highest BCUT2D eigenvalue weighted by Crippen LogP contribution is 2.43. The fourth-order valence-electron chi connectivity index (χ4n) is 5.73. The van der Waals surface area contributed by atoms with Gasteiger partial charge in [-0.1, -0.05) is 13.0 Å². The summed E-state index contributed by atoms with van der Waals surface area (Å²) in [7, 11) is -3.57. The minimum absolute atomic E-state index is 0.00836. The van der Waals surface area contributed by atoms with Crippen molar-refractivity contribution >= 4 is 21.6 Å². The van der Waals surface area contributed by atoms with E-state index in [9.17, 15) is 13.4 Å². The maximum absolute atomic E-state index is 13.3. The van der Waals surface area contributed by atoms with Crippen LogP contribution in [0.2, 0.25) is 0 Å². The van der Waals surface area contributed by atoms with Crippen molar-refractivity contribution in [3.63, 3.8) is 0 Å². The van der Waals surface area contributed by atoms with E-state index >= 15 is 0 Å². The van der Waals surface area contributed by atoms with E-state index in [-0.39, 0.29) is 16.8 Å². The van der Waals surface area contributed by atoms with Gasteiger partial charge >= 0.3 is 6.03 Å². The topological polar surface area (TPSA) is 115 Å². The summed E-state index contributed by atoms with van der Waals surface area (Å²) in [5, 5.41) is 13.2. The molecule has 4 aliphatic rings. The maximum Gasteiger partial charge on any atom is 0.354 e. The first-order valence-corrected chi connectivity index (χ1v) is 13.5. The monoisotopic (exact) mass is 488 g/mol. The highest BCUT2D eigenvalue weighted by Gasteiger charge is 2.37. The molecule has 0 spiro atoms. The number of ether oxygens (including phenoxy) is 1. The Hall–Kier alpha value is -2.50. The molecular formula is C23H29FN6O3S. The van der Waals surface area contributed by atoms with Gasteiger partial charge < -0.3 is 10.1 Å². The third kappa shape index (κ3) is 3.61. The third-order valence-corrected chi connectivity index (χ3v) is 8.95. The number of likely N-dealkylation sites (tertiary alicyclic amines) is 1. The average Bonchev–Trinajstić information content (AvgIpc) is 3.49. The van der Waals surface area contributed by atoms with Gasteiger partial charge in [-0.05, 0) is 60.3 Å². The molecular weight excluding hydrogens is 459 g/mol. The molecule has 34 heavy (non-hydrogen) atoms. The molecule has 1 aromatic heterocycles. The van der Waals surface area contributed by atoms with Crippen LogP contribution in [0.5, 0.6) is 5.88 Å². The van der Waals surface area contributed by atoms with Crippen LogP contribution in [0.3, 0.4) is 0 Å². The number of nitrogens with one attached hydrogen (secondary N) is 1. The number of alkyl halides is 1. The van der Waals surface area contributed by atoms with Crippen LogP contribution in [0.25, 0.3) is 0 Å². The molecule has 3 atom stereocenters. The van der Waals surface area contributed by atoms with Gasteiger partial charge in [0, 0.05) is 18.8 Å². The van der Waals surface area contributed by atoms with Crippen molar-refractivity contribution in [2.75, 3.05) is 25.0 Å². The summed E-state index contributed by atoms with van der Waals surface area (Å²) in [4.78, 5) is 15.0. The van der Waals surface area contributed by atoms with E-state index in [1.54, 1.807) is 4.68 Å². The van der Waals surface area contributed by atoms with Gasteiger partial charge in [-0.2, -0.15) is 5.10 Å². The molecule has 1 aromatic carbocycles. The number of nitrogens with two attached hydrogens (primary N) is 1. The Morgan fingerprint density at radius 2 is 2.12 bits per heavy atom. The van der Waals surface area contributed by atoms with E-state index in [0.29, 0.717) is 32.2 Å². The lowest BCUT2D eigenvalue weighted by atomic mass is 9.96. The van der Waals surface area contributed by atoms with Crippen molar-refractivity contribution in [3.05, 3.63) is 34.5 Å². The first-order valence-electron chi connectivity index (χ1n) is 11.9. The summed E-state index contributed by atoms with van der Waals surface area (Å²) in [5.74, 6) is 0.715. The lowest BCUT2D eigenvalue weighted by molar-refractivity contribution is -0.0114. The molecule has 11 heteroatoms. The molecule has 1 fully saturated rings. The quantitative estimate of drug-likeness (QED) is 0.690. The van der Waals surface area contributed by atoms with Crippen LogP contribution in [0, 0.1) is 0 Å². The van der Waals surface area contributed by atoms with Gasteiger partial charge in [-0.25, -0.2) is 23.2 Å². The fourth-order valence-corrected chi connectivity index (χ4v) is 6.73. The molecule has 6 rings (SSSR count). The molecule has 2 aliphatic heterocycles. The summed E-state index contributed by atoms with van der Waals surface area (Å²) in [5.41, 5.74) is 5.73. The van der Waals surface area contributed by atoms with Gasteiger partial charge in [0.1, 0.15) is 17.7 Å².